The molecule has 20 heavy (non-hydrogen) atoms. The Morgan fingerprint density at radius 1 is 1.35 bits per heavy atom. The first kappa shape index (κ1) is 13.7. The minimum Gasteiger partial charge on any atom is -0.305 e. The summed E-state index contributed by atoms with van der Waals surface area (Å²) >= 11 is 3.50. The van der Waals surface area contributed by atoms with Crippen LogP contribution in [0.15, 0.2) is 41.0 Å². The average Bonchev–Trinajstić information content (AvgIpc) is 2.47. The van der Waals surface area contributed by atoms with Gasteiger partial charge in [-0.3, -0.25) is 0 Å². The van der Waals surface area contributed by atoms with Crippen molar-refractivity contribution in [2.45, 2.75) is 6.04 Å². The molecule has 1 aliphatic heterocycles. The summed E-state index contributed by atoms with van der Waals surface area (Å²) in [5.74, 6) is 0.869. The second-order valence-corrected chi connectivity index (χ2v) is 6.00. The van der Waals surface area contributed by atoms with E-state index in [0.717, 1.165) is 41.2 Å². The van der Waals surface area contributed by atoms with Crippen molar-refractivity contribution >= 4 is 15.9 Å². The molecular formula is C15H17BrN4. The number of nitrogens with one attached hydrogen (secondary N) is 1. The third-order valence-corrected chi connectivity index (χ3v) is 3.98. The number of aromatic nitrogens is 2. The molecule has 1 aromatic heterocycles. The van der Waals surface area contributed by atoms with Crippen LogP contribution in [0.5, 0.6) is 0 Å². The van der Waals surface area contributed by atoms with E-state index in [4.69, 9.17) is 4.98 Å². The normalized spacial score (nSPS) is 20.0. The molecule has 1 atom stereocenters. The summed E-state index contributed by atoms with van der Waals surface area (Å²) in [6.45, 7) is 3.00. The molecule has 1 N–H and O–H groups in total. The molecule has 1 aliphatic rings. The fourth-order valence-corrected chi connectivity index (χ4v) is 2.82. The molecular weight excluding hydrogens is 316 g/mol. The molecule has 0 spiro atoms. The van der Waals surface area contributed by atoms with Gasteiger partial charge in [-0.2, -0.15) is 0 Å². The van der Waals surface area contributed by atoms with E-state index in [1.165, 1.54) is 0 Å². The Bertz CT molecular complexity index is 602. The lowest BCUT2D eigenvalue weighted by molar-refractivity contribution is 0.235. The number of likely N-dealkylation sites (N-methyl/N-ethyl adjacent to an activating group) is 1. The highest BCUT2D eigenvalue weighted by Gasteiger charge is 2.20. The maximum Gasteiger partial charge on any atom is 0.147 e. The van der Waals surface area contributed by atoms with Gasteiger partial charge in [0.25, 0.3) is 0 Å². The van der Waals surface area contributed by atoms with Gasteiger partial charge in [-0.1, -0.05) is 28.1 Å². The molecule has 1 unspecified atom stereocenters. The van der Waals surface area contributed by atoms with Gasteiger partial charge in [0.2, 0.25) is 0 Å². The molecule has 0 aliphatic carbocycles. The first-order valence-electron chi connectivity index (χ1n) is 6.73. The van der Waals surface area contributed by atoms with E-state index < -0.39 is 0 Å². The molecule has 0 amide bonds. The summed E-state index contributed by atoms with van der Waals surface area (Å²) in [6.07, 6.45) is 1.84. The smallest absolute Gasteiger partial charge is 0.147 e. The quantitative estimate of drug-likeness (QED) is 0.917. The molecule has 2 heterocycles. The Morgan fingerprint density at radius 3 is 3.05 bits per heavy atom. The Labute approximate surface area is 127 Å². The molecule has 0 bridgehead atoms. The number of piperazine rings is 1. The van der Waals surface area contributed by atoms with Crippen LogP contribution in [0.1, 0.15) is 11.9 Å². The molecule has 1 saturated heterocycles. The minimum atomic E-state index is 0.209. The summed E-state index contributed by atoms with van der Waals surface area (Å²) in [7, 11) is 2.13. The zero-order valence-electron chi connectivity index (χ0n) is 11.4. The fourth-order valence-electron chi connectivity index (χ4n) is 2.42. The Hall–Kier alpha value is -1.30. The number of hydrogen-bond acceptors (Lipinski definition) is 4. The molecule has 4 nitrogen and oxygen atoms in total. The fraction of sp³-hybridized carbons (Fsp3) is 0.333. The van der Waals surface area contributed by atoms with Crippen LogP contribution in [-0.2, 0) is 0 Å². The van der Waals surface area contributed by atoms with E-state index in [9.17, 15) is 0 Å². The minimum absolute atomic E-state index is 0.209. The van der Waals surface area contributed by atoms with Gasteiger partial charge < -0.3 is 10.2 Å². The highest BCUT2D eigenvalue weighted by molar-refractivity contribution is 9.10. The van der Waals surface area contributed by atoms with Crippen LogP contribution < -0.4 is 5.32 Å². The second kappa shape index (κ2) is 5.99. The molecule has 1 fully saturated rings. The molecule has 0 radical (unpaired) electrons. The largest absolute Gasteiger partial charge is 0.305 e. The van der Waals surface area contributed by atoms with Crippen LogP contribution in [0.2, 0.25) is 0 Å². The van der Waals surface area contributed by atoms with E-state index in [1.54, 1.807) is 0 Å². The summed E-state index contributed by atoms with van der Waals surface area (Å²) in [6, 6.07) is 10.3. The second-order valence-electron chi connectivity index (χ2n) is 5.08. The summed E-state index contributed by atoms with van der Waals surface area (Å²) in [5.41, 5.74) is 2.07. The van der Waals surface area contributed by atoms with E-state index >= 15 is 0 Å². The van der Waals surface area contributed by atoms with Crippen molar-refractivity contribution in [2.75, 3.05) is 26.7 Å². The van der Waals surface area contributed by atoms with Gasteiger partial charge in [-0.05, 0) is 25.2 Å². The van der Waals surface area contributed by atoms with Crippen molar-refractivity contribution in [2.24, 2.45) is 0 Å². The Balaban J connectivity index is 1.89. The highest BCUT2D eigenvalue weighted by atomic mass is 79.9. The van der Waals surface area contributed by atoms with Crippen molar-refractivity contribution in [1.82, 2.24) is 20.2 Å². The van der Waals surface area contributed by atoms with E-state index in [2.05, 4.69) is 50.3 Å². The number of benzene rings is 1. The summed E-state index contributed by atoms with van der Waals surface area (Å²) in [5, 5.41) is 3.48. The third kappa shape index (κ3) is 3.06. The molecule has 0 saturated carbocycles. The third-order valence-electron chi connectivity index (χ3n) is 3.48. The van der Waals surface area contributed by atoms with Crippen LogP contribution in [0.3, 0.4) is 0 Å². The van der Waals surface area contributed by atoms with Crippen LogP contribution in [0.4, 0.5) is 0 Å². The van der Waals surface area contributed by atoms with Gasteiger partial charge in [0.1, 0.15) is 5.82 Å². The van der Waals surface area contributed by atoms with Gasteiger partial charge in [0.05, 0.1) is 11.7 Å². The van der Waals surface area contributed by atoms with Crippen molar-refractivity contribution in [1.29, 1.82) is 0 Å². The van der Waals surface area contributed by atoms with Gasteiger partial charge in [-0.15, -0.1) is 0 Å². The van der Waals surface area contributed by atoms with Gasteiger partial charge in [0.15, 0.2) is 0 Å². The predicted octanol–water partition coefficient (Wildman–Crippen LogP) is 2.48. The zero-order chi connectivity index (χ0) is 13.9. The number of halogens is 1. The van der Waals surface area contributed by atoms with Gasteiger partial charge >= 0.3 is 0 Å². The number of rotatable bonds is 2. The first-order valence-corrected chi connectivity index (χ1v) is 7.52. The average molecular weight is 333 g/mol. The van der Waals surface area contributed by atoms with E-state index in [1.807, 2.05) is 24.4 Å². The molecule has 3 rings (SSSR count). The van der Waals surface area contributed by atoms with Crippen LogP contribution in [0.25, 0.3) is 11.3 Å². The van der Waals surface area contributed by atoms with Crippen LogP contribution in [0, 0.1) is 0 Å². The Morgan fingerprint density at radius 2 is 2.25 bits per heavy atom. The predicted molar refractivity (Wildman–Crippen MR) is 83.4 cm³/mol. The molecule has 5 heteroatoms. The van der Waals surface area contributed by atoms with Crippen LogP contribution >= 0.6 is 15.9 Å². The maximum atomic E-state index is 4.72. The van der Waals surface area contributed by atoms with Gasteiger partial charge in [-0.25, -0.2) is 9.97 Å². The number of hydrogen-bond donors (Lipinski definition) is 1. The standard InChI is InChI=1S/C15H17BrN4/c1-20-8-7-17-14(10-20)15-18-6-5-13(19-15)11-3-2-4-12(16)9-11/h2-6,9,14,17H,7-8,10H2,1H3. The zero-order valence-corrected chi connectivity index (χ0v) is 13.0. The van der Waals surface area contributed by atoms with Gasteiger partial charge in [0, 0.05) is 35.9 Å². The SMILES string of the molecule is CN1CCNC(c2nccc(-c3cccc(Br)c3)n2)C1. The number of nitrogens with zero attached hydrogens (tertiary/aromatic N) is 3. The van der Waals surface area contributed by atoms with Crippen molar-refractivity contribution in [3.05, 3.63) is 46.8 Å². The summed E-state index contributed by atoms with van der Waals surface area (Å²) < 4.78 is 1.06. The first-order chi connectivity index (χ1) is 9.72. The maximum absolute atomic E-state index is 4.72. The lowest BCUT2D eigenvalue weighted by atomic mass is 10.1. The lowest BCUT2D eigenvalue weighted by Gasteiger charge is -2.29. The van der Waals surface area contributed by atoms with E-state index in [0.29, 0.717) is 0 Å². The van der Waals surface area contributed by atoms with Crippen molar-refractivity contribution < 1.29 is 0 Å². The molecule has 104 valence electrons. The van der Waals surface area contributed by atoms with Crippen LogP contribution in [-0.4, -0.2) is 41.5 Å². The molecule has 2 aromatic rings. The van der Waals surface area contributed by atoms with Crippen molar-refractivity contribution in [3.63, 3.8) is 0 Å². The van der Waals surface area contributed by atoms with Crippen molar-refractivity contribution in [3.8, 4) is 11.3 Å². The Kier molecular flexibility index (Phi) is 4.10. The lowest BCUT2D eigenvalue weighted by Crippen LogP contribution is -2.44. The van der Waals surface area contributed by atoms with E-state index in [-0.39, 0.29) is 6.04 Å². The highest BCUT2D eigenvalue weighted by Crippen LogP contribution is 2.22. The topological polar surface area (TPSA) is 41.0 Å². The summed E-state index contributed by atoms with van der Waals surface area (Å²) in [4.78, 5) is 11.5. The molecule has 1 aromatic carbocycles. The monoisotopic (exact) mass is 332 g/mol.